The SMILES string of the molecule is Cc1ccc(C(=O)O)cc1-n1c(C)cc(O)c(Cl)c1=O. The lowest BCUT2D eigenvalue weighted by Crippen LogP contribution is -2.22. The Bertz CT molecular complexity index is 764. The largest absolute Gasteiger partial charge is 0.506 e. The molecule has 104 valence electrons. The number of aryl methyl sites for hydroxylation is 2. The van der Waals surface area contributed by atoms with Crippen LogP contribution in [0.25, 0.3) is 5.69 Å². The number of carbonyl (C=O) groups is 1. The summed E-state index contributed by atoms with van der Waals surface area (Å²) in [6.07, 6.45) is 0. The van der Waals surface area contributed by atoms with Gasteiger partial charge in [0.05, 0.1) is 11.3 Å². The van der Waals surface area contributed by atoms with E-state index in [9.17, 15) is 14.7 Å². The zero-order valence-corrected chi connectivity index (χ0v) is 11.6. The fraction of sp³-hybridized carbons (Fsp3) is 0.143. The van der Waals surface area contributed by atoms with Crippen LogP contribution in [0.3, 0.4) is 0 Å². The van der Waals surface area contributed by atoms with Gasteiger partial charge in [-0.15, -0.1) is 0 Å². The monoisotopic (exact) mass is 293 g/mol. The highest BCUT2D eigenvalue weighted by Gasteiger charge is 2.15. The maximum atomic E-state index is 12.2. The van der Waals surface area contributed by atoms with Crippen molar-refractivity contribution in [2.75, 3.05) is 0 Å². The molecule has 6 heteroatoms. The third-order valence-electron chi connectivity index (χ3n) is 3.01. The molecular weight excluding hydrogens is 282 g/mol. The second-order valence-electron chi connectivity index (χ2n) is 4.43. The predicted molar refractivity (Wildman–Crippen MR) is 75.1 cm³/mol. The molecule has 0 unspecified atom stereocenters. The lowest BCUT2D eigenvalue weighted by molar-refractivity contribution is 0.0697. The predicted octanol–water partition coefficient (Wildman–Crippen LogP) is 2.51. The summed E-state index contributed by atoms with van der Waals surface area (Å²) >= 11 is 5.76. The smallest absolute Gasteiger partial charge is 0.335 e. The van der Waals surface area contributed by atoms with Crippen molar-refractivity contribution >= 4 is 17.6 Å². The lowest BCUT2D eigenvalue weighted by atomic mass is 10.1. The average molecular weight is 294 g/mol. The van der Waals surface area contributed by atoms with Gasteiger partial charge in [-0.25, -0.2) is 4.79 Å². The van der Waals surface area contributed by atoms with Gasteiger partial charge < -0.3 is 10.2 Å². The van der Waals surface area contributed by atoms with Crippen molar-refractivity contribution in [3.05, 3.63) is 56.5 Å². The molecule has 0 aliphatic carbocycles. The molecule has 0 amide bonds. The van der Waals surface area contributed by atoms with E-state index >= 15 is 0 Å². The normalized spacial score (nSPS) is 10.6. The van der Waals surface area contributed by atoms with Crippen LogP contribution in [0.5, 0.6) is 5.75 Å². The number of halogens is 1. The summed E-state index contributed by atoms with van der Waals surface area (Å²) in [7, 11) is 0. The number of hydrogen-bond acceptors (Lipinski definition) is 3. The van der Waals surface area contributed by atoms with Gasteiger partial charge in [0.2, 0.25) is 0 Å². The molecule has 1 aromatic heterocycles. The molecule has 2 aromatic rings. The number of benzene rings is 1. The molecule has 0 atom stereocenters. The fourth-order valence-electron chi connectivity index (χ4n) is 1.98. The number of aromatic carboxylic acids is 1. The van der Waals surface area contributed by atoms with Crippen molar-refractivity contribution < 1.29 is 15.0 Å². The number of aromatic nitrogens is 1. The zero-order chi connectivity index (χ0) is 15.0. The Morgan fingerprint density at radius 1 is 1.25 bits per heavy atom. The van der Waals surface area contributed by atoms with Crippen molar-refractivity contribution in [2.45, 2.75) is 13.8 Å². The van der Waals surface area contributed by atoms with Gasteiger partial charge in [-0.3, -0.25) is 9.36 Å². The molecule has 5 nitrogen and oxygen atoms in total. The Morgan fingerprint density at radius 2 is 1.90 bits per heavy atom. The van der Waals surface area contributed by atoms with E-state index in [-0.39, 0.29) is 16.3 Å². The van der Waals surface area contributed by atoms with Crippen LogP contribution in [0.2, 0.25) is 5.02 Å². The molecule has 0 saturated heterocycles. The summed E-state index contributed by atoms with van der Waals surface area (Å²) in [5, 5.41) is 18.3. The van der Waals surface area contributed by atoms with Crippen molar-refractivity contribution in [1.29, 1.82) is 0 Å². The van der Waals surface area contributed by atoms with Gasteiger partial charge in [0.15, 0.2) is 0 Å². The average Bonchev–Trinajstić information content (AvgIpc) is 2.38. The van der Waals surface area contributed by atoms with E-state index in [1.54, 1.807) is 19.9 Å². The van der Waals surface area contributed by atoms with E-state index in [1.165, 1.54) is 22.8 Å². The summed E-state index contributed by atoms with van der Waals surface area (Å²) in [5.74, 6) is -1.38. The quantitative estimate of drug-likeness (QED) is 0.891. The second-order valence-corrected chi connectivity index (χ2v) is 4.81. The van der Waals surface area contributed by atoms with Crippen molar-refractivity contribution in [1.82, 2.24) is 4.57 Å². The number of carboxylic acid groups (broad SMARTS) is 1. The molecular formula is C14H12ClNO4. The van der Waals surface area contributed by atoms with Crippen LogP contribution in [0.1, 0.15) is 21.6 Å². The molecule has 0 spiro atoms. The van der Waals surface area contributed by atoms with Gasteiger partial charge in [-0.1, -0.05) is 17.7 Å². The number of carboxylic acids is 1. The molecule has 1 heterocycles. The number of pyridine rings is 1. The summed E-state index contributed by atoms with van der Waals surface area (Å²) in [6.45, 7) is 3.39. The van der Waals surface area contributed by atoms with Crippen molar-refractivity contribution in [3.63, 3.8) is 0 Å². The zero-order valence-electron chi connectivity index (χ0n) is 10.8. The van der Waals surface area contributed by atoms with Gasteiger partial charge in [0.25, 0.3) is 5.56 Å². The van der Waals surface area contributed by atoms with Crippen molar-refractivity contribution in [3.8, 4) is 11.4 Å². The van der Waals surface area contributed by atoms with E-state index in [1.807, 2.05) is 0 Å². The van der Waals surface area contributed by atoms with Crippen LogP contribution >= 0.6 is 11.6 Å². The molecule has 2 rings (SSSR count). The highest BCUT2D eigenvalue weighted by molar-refractivity contribution is 6.31. The minimum Gasteiger partial charge on any atom is -0.506 e. The third kappa shape index (κ3) is 2.28. The molecule has 0 fully saturated rings. The van der Waals surface area contributed by atoms with Crippen LogP contribution in [0.15, 0.2) is 29.1 Å². The van der Waals surface area contributed by atoms with Gasteiger partial charge in [-0.05, 0) is 31.5 Å². The summed E-state index contributed by atoms with van der Waals surface area (Å²) in [6, 6.07) is 5.84. The van der Waals surface area contributed by atoms with Crippen LogP contribution in [0.4, 0.5) is 0 Å². The third-order valence-corrected chi connectivity index (χ3v) is 3.37. The van der Waals surface area contributed by atoms with E-state index in [4.69, 9.17) is 16.7 Å². The maximum Gasteiger partial charge on any atom is 0.335 e. The highest BCUT2D eigenvalue weighted by atomic mass is 35.5. The maximum absolute atomic E-state index is 12.2. The standard InChI is InChI=1S/C14H12ClNO4/c1-7-3-4-9(14(19)20)6-10(7)16-8(2)5-11(17)12(15)13(16)18/h3-6,17H,1-2H3,(H,19,20). The first-order valence-electron chi connectivity index (χ1n) is 5.78. The Hall–Kier alpha value is -2.27. The van der Waals surface area contributed by atoms with Gasteiger partial charge in [0, 0.05) is 11.8 Å². The molecule has 0 aliphatic rings. The Kier molecular flexibility index (Phi) is 3.55. The number of nitrogens with zero attached hydrogens (tertiary/aromatic N) is 1. The minimum atomic E-state index is -1.08. The van der Waals surface area contributed by atoms with E-state index < -0.39 is 11.5 Å². The number of hydrogen-bond donors (Lipinski definition) is 2. The molecule has 0 saturated carbocycles. The minimum absolute atomic E-state index is 0.0705. The lowest BCUT2D eigenvalue weighted by Gasteiger charge is -2.14. The molecule has 1 aromatic carbocycles. The molecule has 0 aliphatic heterocycles. The molecule has 0 bridgehead atoms. The first-order chi connectivity index (χ1) is 9.32. The Balaban J connectivity index is 2.81. The van der Waals surface area contributed by atoms with E-state index in [0.29, 0.717) is 11.4 Å². The molecule has 20 heavy (non-hydrogen) atoms. The van der Waals surface area contributed by atoms with Crippen LogP contribution in [-0.2, 0) is 0 Å². The first kappa shape index (κ1) is 14.1. The van der Waals surface area contributed by atoms with Crippen LogP contribution in [0, 0.1) is 13.8 Å². The summed E-state index contributed by atoms with van der Waals surface area (Å²) < 4.78 is 1.28. The van der Waals surface area contributed by atoms with Gasteiger partial charge in [0.1, 0.15) is 10.8 Å². The van der Waals surface area contributed by atoms with Gasteiger partial charge in [-0.2, -0.15) is 0 Å². The highest BCUT2D eigenvalue weighted by Crippen LogP contribution is 2.23. The molecule has 0 radical (unpaired) electrons. The first-order valence-corrected chi connectivity index (χ1v) is 6.16. The van der Waals surface area contributed by atoms with E-state index in [0.717, 1.165) is 5.56 Å². The topological polar surface area (TPSA) is 79.5 Å². The van der Waals surface area contributed by atoms with Crippen LogP contribution < -0.4 is 5.56 Å². The van der Waals surface area contributed by atoms with E-state index in [2.05, 4.69) is 0 Å². The summed E-state index contributed by atoms with van der Waals surface area (Å²) in [4.78, 5) is 23.2. The second kappa shape index (κ2) is 5.02. The number of rotatable bonds is 2. The Labute approximate surface area is 119 Å². The number of aromatic hydroxyl groups is 1. The van der Waals surface area contributed by atoms with Gasteiger partial charge >= 0.3 is 5.97 Å². The van der Waals surface area contributed by atoms with Crippen molar-refractivity contribution in [2.24, 2.45) is 0 Å². The fourth-order valence-corrected chi connectivity index (χ4v) is 2.12. The van der Waals surface area contributed by atoms with Crippen LogP contribution in [-0.4, -0.2) is 20.7 Å². The summed E-state index contributed by atoms with van der Waals surface area (Å²) in [5.41, 5.74) is 1.09. The molecule has 2 N–H and O–H groups in total. The Morgan fingerprint density at radius 3 is 2.50 bits per heavy atom.